The van der Waals surface area contributed by atoms with Gasteiger partial charge in [0.1, 0.15) is 0 Å². The van der Waals surface area contributed by atoms with Gasteiger partial charge < -0.3 is 5.32 Å². The first-order valence-electron chi connectivity index (χ1n) is 4.31. The van der Waals surface area contributed by atoms with Crippen molar-refractivity contribution in [2.75, 3.05) is 0 Å². The van der Waals surface area contributed by atoms with E-state index in [1.54, 1.807) is 7.05 Å². The lowest BCUT2D eigenvalue weighted by Gasteiger charge is -2.25. The highest BCUT2D eigenvalue weighted by Gasteiger charge is 2.16. The standard InChI is InChI=1S/C7H13N5/c1-12-10-7(9-11-12)5-8-6-3-2-4-6/h6,8H,2-5H2,1H3. The van der Waals surface area contributed by atoms with Gasteiger partial charge in [0.15, 0.2) is 5.82 Å². The zero-order chi connectivity index (χ0) is 8.39. The molecule has 0 amide bonds. The highest BCUT2D eigenvalue weighted by Crippen LogP contribution is 2.17. The van der Waals surface area contributed by atoms with Gasteiger partial charge in [-0.25, -0.2) is 0 Å². The molecule has 5 heteroatoms. The van der Waals surface area contributed by atoms with Crippen LogP contribution < -0.4 is 5.32 Å². The summed E-state index contributed by atoms with van der Waals surface area (Å²) in [5.41, 5.74) is 0. The number of hydrogen-bond acceptors (Lipinski definition) is 4. The van der Waals surface area contributed by atoms with E-state index in [0.717, 1.165) is 12.4 Å². The van der Waals surface area contributed by atoms with E-state index in [1.807, 2.05) is 0 Å². The Kier molecular flexibility index (Phi) is 2.03. The van der Waals surface area contributed by atoms with Gasteiger partial charge in [-0.2, -0.15) is 4.80 Å². The van der Waals surface area contributed by atoms with E-state index < -0.39 is 0 Å². The van der Waals surface area contributed by atoms with E-state index in [0.29, 0.717) is 6.04 Å². The van der Waals surface area contributed by atoms with Crippen LogP contribution in [0, 0.1) is 0 Å². The van der Waals surface area contributed by atoms with Crippen LogP contribution in [0.4, 0.5) is 0 Å². The molecule has 1 aromatic heterocycles. The Morgan fingerprint density at radius 2 is 2.42 bits per heavy atom. The monoisotopic (exact) mass is 167 g/mol. The molecule has 5 nitrogen and oxygen atoms in total. The lowest BCUT2D eigenvalue weighted by Crippen LogP contribution is -2.34. The van der Waals surface area contributed by atoms with Gasteiger partial charge >= 0.3 is 0 Å². The Balaban J connectivity index is 1.79. The molecule has 66 valence electrons. The van der Waals surface area contributed by atoms with E-state index in [9.17, 15) is 0 Å². The summed E-state index contributed by atoms with van der Waals surface area (Å²) in [4.78, 5) is 1.48. The topological polar surface area (TPSA) is 55.6 Å². The average molecular weight is 167 g/mol. The lowest BCUT2D eigenvalue weighted by atomic mass is 9.93. The summed E-state index contributed by atoms with van der Waals surface area (Å²) in [6.45, 7) is 0.749. The zero-order valence-corrected chi connectivity index (χ0v) is 7.19. The largest absolute Gasteiger partial charge is 0.307 e. The van der Waals surface area contributed by atoms with Gasteiger partial charge in [-0.1, -0.05) is 6.42 Å². The molecule has 1 aromatic rings. The van der Waals surface area contributed by atoms with Crippen LogP contribution in [0.3, 0.4) is 0 Å². The minimum atomic E-state index is 0.689. The predicted octanol–water partition coefficient (Wildman–Crippen LogP) is -0.148. The minimum Gasteiger partial charge on any atom is -0.307 e. The molecule has 2 rings (SSSR count). The first-order valence-corrected chi connectivity index (χ1v) is 4.31. The van der Waals surface area contributed by atoms with Gasteiger partial charge in [-0.15, -0.1) is 10.2 Å². The smallest absolute Gasteiger partial charge is 0.188 e. The molecule has 12 heavy (non-hydrogen) atoms. The highest BCUT2D eigenvalue weighted by molar-refractivity contribution is 4.81. The minimum absolute atomic E-state index is 0.689. The van der Waals surface area contributed by atoms with Crippen molar-refractivity contribution in [3.63, 3.8) is 0 Å². The Hall–Kier alpha value is -0.970. The van der Waals surface area contributed by atoms with Gasteiger partial charge in [0.2, 0.25) is 0 Å². The molecule has 0 aromatic carbocycles. The van der Waals surface area contributed by atoms with Crippen molar-refractivity contribution >= 4 is 0 Å². The van der Waals surface area contributed by atoms with Crippen molar-refractivity contribution in [2.24, 2.45) is 7.05 Å². The maximum atomic E-state index is 4.07. The van der Waals surface area contributed by atoms with E-state index in [-0.39, 0.29) is 0 Å². The molecule has 0 radical (unpaired) electrons. The summed E-state index contributed by atoms with van der Waals surface area (Å²) in [5, 5.41) is 15.1. The van der Waals surface area contributed by atoms with Crippen molar-refractivity contribution in [3.05, 3.63) is 5.82 Å². The molecular weight excluding hydrogens is 154 g/mol. The van der Waals surface area contributed by atoms with Gasteiger partial charge in [0.25, 0.3) is 0 Å². The molecular formula is C7H13N5. The first kappa shape index (κ1) is 7.67. The third kappa shape index (κ3) is 1.61. The fourth-order valence-corrected chi connectivity index (χ4v) is 1.24. The van der Waals surface area contributed by atoms with Crippen molar-refractivity contribution in [1.29, 1.82) is 0 Å². The van der Waals surface area contributed by atoms with Gasteiger partial charge in [-0.3, -0.25) is 0 Å². The third-order valence-electron chi connectivity index (χ3n) is 2.20. The molecule has 0 unspecified atom stereocenters. The number of nitrogens with one attached hydrogen (secondary N) is 1. The molecule has 1 fully saturated rings. The molecule has 1 saturated carbocycles. The summed E-state index contributed by atoms with van der Waals surface area (Å²) >= 11 is 0. The normalized spacial score (nSPS) is 17.8. The van der Waals surface area contributed by atoms with Crippen LogP contribution in [-0.4, -0.2) is 26.2 Å². The number of rotatable bonds is 3. The maximum Gasteiger partial charge on any atom is 0.188 e. The number of aromatic nitrogens is 4. The first-order chi connectivity index (χ1) is 5.84. The molecule has 0 bridgehead atoms. The molecule has 0 spiro atoms. The molecule has 1 aliphatic rings. The quantitative estimate of drug-likeness (QED) is 0.680. The van der Waals surface area contributed by atoms with E-state index >= 15 is 0 Å². The van der Waals surface area contributed by atoms with Crippen LogP contribution in [0.1, 0.15) is 25.1 Å². The number of tetrazole rings is 1. The second-order valence-corrected chi connectivity index (χ2v) is 3.20. The number of nitrogens with zero attached hydrogens (tertiary/aromatic N) is 4. The summed E-state index contributed by atoms with van der Waals surface area (Å²) in [6, 6.07) is 0.689. The summed E-state index contributed by atoms with van der Waals surface area (Å²) in [5.74, 6) is 0.782. The Bertz CT molecular complexity index is 252. The van der Waals surface area contributed by atoms with Crippen LogP contribution in [0.15, 0.2) is 0 Å². The molecule has 0 saturated heterocycles. The second kappa shape index (κ2) is 3.18. The van der Waals surface area contributed by atoms with Crippen LogP contribution in [0.25, 0.3) is 0 Å². The summed E-state index contributed by atoms with van der Waals surface area (Å²) in [7, 11) is 1.78. The molecule has 1 N–H and O–H groups in total. The van der Waals surface area contributed by atoms with Gasteiger partial charge in [0, 0.05) is 6.04 Å². The number of aryl methyl sites for hydroxylation is 1. The molecule has 1 heterocycles. The second-order valence-electron chi connectivity index (χ2n) is 3.20. The fraction of sp³-hybridized carbons (Fsp3) is 0.857. The molecule has 1 aliphatic carbocycles. The van der Waals surface area contributed by atoms with Crippen LogP contribution in [-0.2, 0) is 13.6 Å². The number of hydrogen-bond donors (Lipinski definition) is 1. The van der Waals surface area contributed by atoms with E-state index in [2.05, 4.69) is 20.7 Å². The average Bonchev–Trinajstić information content (AvgIpc) is 2.32. The Labute approximate surface area is 71.1 Å². The van der Waals surface area contributed by atoms with Crippen LogP contribution >= 0.6 is 0 Å². The van der Waals surface area contributed by atoms with Gasteiger partial charge in [0.05, 0.1) is 13.6 Å². The predicted molar refractivity (Wildman–Crippen MR) is 43.3 cm³/mol. The van der Waals surface area contributed by atoms with Crippen molar-refractivity contribution in [3.8, 4) is 0 Å². The van der Waals surface area contributed by atoms with Crippen LogP contribution in [0.2, 0.25) is 0 Å². The zero-order valence-electron chi connectivity index (χ0n) is 7.19. The van der Waals surface area contributed by atoms with Crippen molar-refractivity contribution in [1.82, 2.24) is 25.5 Å². The highest BCUT2D eigenvalue weighted by atomic mass is 15.6. The van der Waals surface area contributed by atoms with E-state index in [4.69, 9.17) is 0 Å². The van der Waals surface area contributed by atoms with Crippen LogP contribution in [0.5, 0.6) is 0 Å². The lowest BCUT2D eigenvalue weighted by molar-refractivity contribution is 0.335. The summed E-state index contributed by atoms with van der Waals surface area (Å²) in [6.07, 6.45) is 3.94. The third-order valence-corrected chi connectivity index (χ3v) is 2.20. The Morgan fingerprint density at radius 3 is 2.92 bits per heavy atom. The van der Waals surface area contributed by atoms with Crippen molar-refractivity contribution in [2.45, 2.75) is 31.8 Å². The van der Waals surface area contributed by atoms with Gasteiger partial charge in [-0.05, 0) is 18.1 Å². The molecule has 0 aliphatic heterocycles. The molecule has 0 atom stereocenters. The fourth-order valence-electron chi connectivity index (χ4n) is 1.24. The van der Waals surface area contributed by atoms with Crippen molar-refractivity contribution < 1.29 is 0 Å². The summed E-state index contributed by atoms with van der Waals surface area (Å²) < 4.78 is 0. The Morgan fingerprint density at radius 1 is 1.58 bits per heavy atom. The van der Waals surface area contributed by atoms with E-state index in [1.165, 1.54) is 24.1 Å². The maximum absolute atomic E-state index is 4.07. The SMILES string of the molecule is Cn1nnc(CNC2CCC2)n1.